The molecule has 4 heteroatoms. The lowest BCUT2D eigenvalue weighted by Crippen LogP contribution is -2.21. The normalized spacial score (nSPS) is 12.5. The lowest BCUT2D eigenvalue weighted by Gasteiger charge is -2.13. The number of carbonyl (C=O) groups excluding carboxylic acids is 1. The van der Waals surface area contributed by atoms with Gasteiger partial charge in [-0.25, -0.2) is 4.79 Å². The third-order valence-corrected chi connectivity index (χ3v) is 2.58. The fraction of sp³-hybridized carbons (Fsp3) is 0.667. The molecule has 1 unspecified atom stereocenters. The van der Waals surface area contributed by atoms with Gasteiger partial charge in [-0.3, -0.25) is 4.68 Å². The van der Waals surface area contributed by atoms with Crippen molar-refractivity contribution in [2.24, 2.45) is 0 Å². The predicted octanol–water partition coefficient (Wildman–Crippen LogP) is 2.13. The minimum atomic E-state index is -0.338. The number of aryl methyl sites for hydroxylation is 2. The van der Waals surface area contributed by atoms with Crippen molar-refractivity contribution in [2.75, 3.05) is 6.61 Å². The van der Waals surface area contributed by atoms with Gasteiger partial charge in [0, 0.05) is 5.69 Å². The number of ether oxygens (including phenoxy) is 1. The topological polar surface area (TPSA) is 44.1 Å². The van der Waals surface area contributed by atoms with Crippen LogP contribution in [0.25, 0.3) is 0 Å². The maximum Gasteiger partial charge on any atom is 0.330 e. The van der Waals surface area contributed by atoms with Gasteiger partial charge in [-0.05, 0) is 32.8 Å². The van der Waals surface area contributed by atoms with Crippen LogP contribution in [-0.2, 0) is 22.4 Å². The SMILES string of the molecule is CCOC(=O)C(C)n1nc(CC)cc1CC. The van der Waals surface area contributed by atoms with E-state index in [1.807, 2.05) is 13.8 Å². The minimum absolute atomic E-state index is 0.219. The summed E-state index contributed by atoms with van der Waals surface area (Å²) in [6, 6.07) is 1.71. The first kappa shape index (κ1) is 12.7. The van der Waals surface area contributed by atoms with Crippen molar-refractivity contribution in [1.82, 2.24) is 9.78 Å². The molecule has 0 aromatic carbocycles. The van der Waals surface area contributed by atoms with Crippen LogP contribution >= 0.6 is 0 Å². The zero-order chi connectivity index (χ0) is 12.1. The van der Waals surface area contributed by atoms with Gasteiger partial charge >= 0.3 is 5.97 Å². The van der Waals surface area contributed by atoms with E-state index in [4.69, 9.17) is 4.74 Å². The van der Waals surface area contributed by atoms with Crippen LogP contribution in [0.5, 0.6) is 0 Å². The first-order valence-electron chi connectivity index (χ1n) is 5.87. The molecule has 0 aliphatic heterocycles. The van der Waals surface area contributed by atoms with E-state index in [-0.39, 0.29) is 12.0 Å². The molecule has 1 aromatic heterocycles. The third kappa shape index (κ3) is 2.62. The Labute approximate surface area is 96.6 Å². The molecule has 0 aliphatic rings. The first-order chi connectivity index (χ1) is 7.63. The van der Waals surface area contributed by atoms with Gasteiger partial charge in [0.25, 0.3) is 0 Å². The van der Waals surface area contributed by atoms with Gasteiger partial charge in [-0.2, -0.15) is 5.10 Å². The van der Waals surface area contributed by atoms with Crippen LogP contribution in [0.2, 0.25) is 0 Å². The second kappa shape index (κ2) is 5.68. The number of carbonyl (C=O) groups is 1. The van der Waals surface area contributed by atoms with E-state index in [1.54, 1.807) is 4.68 Å². The molecule has 90 valence electrons. The highest BCUT2D eigenvalue weighted by Crippen LogP contribution is 2.14. The minimum Gasteiger partial charge on any atom is -0.464 e. The standard InChI is InChI=1S/C12H20N2O2/c1-5-10-8-11(6-2)14(13-10)9(4)12(15)16-7-3/h8-9H,5-7H2,1-4H3. The van der Waals surface area contributed by atoms with Crippen molar-refractivity contribution in [3.8, 4) is 0 Å². The molecule has 4 nitrogen and oxygen atoms in total. The molecule has 16 heavy (non-hydrogen) atoms. The largest absolute Gasteiger partial charge is 0.464 e. The van der Waals surface area contributed by atoms with Crippen molar-refractivity contribution in [3.63, 3.8) is 0 Å². The number of aromatic nitrogens is 2. The molecule has 0 saturated carbocycles. The molecular formula is C12H20N2O2. The van der Waals surface area contributed by atoms with Crippen LogP contribution in [0.3, 0.4) is 0 Å². The summed E-state index contributed by atoms with van der Waals surface area (Å²) in [6.07, 6.45) is 1.76. The lowest BCUT2D eigenvalue weighted by atomic mass is 10.2. The number of rotatable bonds is 5. The van der Waals surface area contributed by atoms with Crippen LogP contribution in [-0.4, -0.2) is 22.4 Å². The highest BCUT2D eigenvalue weighted by Gasteiger charge is 2.19. The van der Waals surface area contributed by atoms with Crippen LogP contribution in [0.1, 0.15) is 45.1 Å². The maximum absolute atomic E-state index is 11.6. The second-order valence-corrected chi connectivity index (χ2v) is 3.71. The fourth-order valence-electron chi connectivity index (χ4n) is 1.62. The lowest BCUT2D eigenvalue weighted by molar-refractivity contribution is -0.146. The van der Waals surface area contributed by atoms with Crippen LogP contribution in [0.4, 0.5) is 0 Å². The molecule has 1 atom stereocenters. The Morgan fingerprint density at radius 3 is 2.62 bits per heavy atom. The van der Waals surface area contributed by atoms with Crippen LogP contribution < -0.4 is 0 Å². The summed E-state index contributed by atoms with van der Waals surface area (Å²) in [5.74, 6) is -0.219. The molecule has 0 amide bonds. The Kier molecular flexibility index (Phi) is 4.52. The van der Waals surface area contributed by atoms with E-state index < -0.39 is 0 Å². The molecular weight excluding hydrogens is 204 g/mol. The molecule has 0 N–H and O–H groups in total. The average Bonchev–Trinajstić information content (AvgIpc) is 2.71. The fourth-order valence-corrected chi connectivity index (χ4v) is 1.62. The van der Waals surface area contributed by atoms with Gasteiger partial charge in [0.15, 0.2) is 0 Å². The molecule has 0 aliphatic carbocycles. The van der Waals surface area contributed by atoms with E-state index in [0.29, 0.717) is 6.61 Å². The zero-order valence-corrected chi connectivity index (χ0v) is 10.5. The number of hydrogen-bond acceptors (Lipinski definition) is 3. The summed E-state index contributed by atoms with van der Waals surface area (Å²) in [6.45, 7) is 8.16. The van der Waals surface area contributed by atoms with E-state index in [1.165, 1.54) is 0 Å². The number of hydrogen-bond donors (Lipinski definition) is 0. The quantitative estimate of drug-likeness (QED) is 0.720. The van der Waals surface area contributed by atoms with Crippen molar-refractivity contribution >= 4 is 5.97 Å². The molecule has 1 heterocycles. The number of nitrogens with zero attached hydrogens (tertiary/aromatic N) is 2. The van der Waals surface area contributed by atoms with Gasteiger partial charge in [0.1, 0.15) is 6.04 Å². The second-order valence-electron chi connectivity index (χ2n) is 3.71. The number of esters is 1. The molecule has 0 radical (unpaired) electrons. The predicted molar refractivity (Wildman–Crippen MR) is 62.3 cm³/mol. The van der Waals surface area contributed by atoms with Crippen LogP contribution in [0, 0.1) is 0 Å². The van der Waals surface area contributed by atoms with Gasteiger partial charge in [-0.15, -0.1) is 0 Å². The van der Waals surface area contributed by atoms with E-state index >= 15 is 0 Å². The highest BCUT2D eigenvalue weighted by molar-refractivity contribution is 5.73. The van der Waals surface area contributed by atoms with E-state index in [0.717, 1.165) is 24.2 Å². The summed E-state index contributed by atoms with van der Waals surface area (Å²) in [5, 5.41) is 4.42. The molecule has 1 rings (SSSR count). The summed E-state index contributed by atoms with van der Waals surface area (Å²) in [7, 11) is 0. The van der Waals surface area contributed by atoms with Crippen molar-refractivity contribution in [3.05, 3.63) is 17.5 Å². The van der Waals surface area contributed by atoms with E-state index in [2.05, 4.69) is 25.0 Å². The Balaban J connectivity index is 2.92. The Morgan fingerprint density at radius 1 is 1.44 bits per heavy atom. The highest BCUT2D eigenvalue weighted by atomic mass is 16.5. The smallest absolute Gasteiger partial charge is 0.330 e. The van der Waals surface area contributed by atoms with E-state index in [9.17, 15) is 4.79 Å². The van der Waals surface area contributed by atoms with Crippen LogP contribution in [0.15, 0.2) is 6.07 Å². The Morgan fingerprint density at radius 2 is 2.12 bits per heavy atom. The average molecular weight is 224 g/mol. The molecule has 0 fully saturated rings. The van der Waals surface area contributed by atoms with Crippen molar-refractivity contribution in [2.45, 2.75) is 46.6 Å². The summed E-state index contributed by atoms with van der Waals surface area (Å²) >= 11 is 0. The monoisotopic (exact) mass is 224 g/mol. The first-order valence-corrected chi connectivity index (χ1v) is 5.87. The Hall–Kier alpha value is -1.32. The molecule has 0 bridgehead atoms. The Bertz CT molecular complexity index is 358. The summed E-state index contributed by atoms with van der Waals surface area (Å²) < 4.78 is 6.78. The molecule has 0 saturated heterocycles. The summed E-state index contributed by atoms with van der Waals surface area (Å²) in [4.78, 5) is 11.6. The van der Waals surface area contributed by atoms with Crippen molar-refractivity contribution in [1.29, 1.82) is 0 Å². The zero-order valence-electron chi connectivity index (χ0n) is 10.5. The molecule has 1 aromatic rings. The van der Waals surface area contributed by atoms with Crippen molar-refractivity contribution < 1.29 is 9.53 Å². The third-order valence-electron chi connectivity index (χ3n) is 2.58. The summed E-state index contributed by atoms with van der Waals surface area (Å²) in [5.41, 5.74) is 2.10. The van der Waals surface area contributed by atoms with Gasteiger partial charge in [0.05, 0.1) is 12.3 Å². The van der Waals surface area contributed by atoms with Gasteiger partial charge in [-0.1, -0.05) is 13.8 Å². The van der Waals surface area contributed by atoms with Gasteiger partial charge in [0.2, 0.25) is 0 Å². The molecule has 0 spiro atoms. The maximum atomic E-state index is 11.6. The van der Waals surface area contributed by atoms with Gasteiger partial charge < -0.3 is 4.74 Å².